The predicted molar refractivity (Wildman–Crippen MR) is 84.4 cm³/mol. The van der Waals surface area contributed by atoms with Gasteiger partial charge >= 0.3 is 0 Å². The summed E-state index contributed by atoms with van der Waals surface area (Å²) in [4.78, 5) is 3.26. The van der Waals surface area contributed by atoms with E-state index in [4.69, 9.17) is 4.74 Å². The molecule has 3 rings (SSSR count). The van der Waals surface area contributed by atoms with Crippen molar-refractivity contribution >= 4 is 26.8 Å². The van der Waals surface area contributed by atoms with Crippen molar-refractivity contribution in [3.05, 3.63) is 46.6 Å². The van der Waals surface area contributed by atoms with Crippen molar-refractivity contribution in [2.45, 2.75) is 6.92 Å². The van der Waals surface area contributed by atoms with Crippen molar-refractivity contribution in [3.63, 3.8) is 0 Å². The van der Waals surface area contributed by atoms with Crippen LogP contribution in [0.25, 0.3) is 22.0 Å². The van der Waals surface area contributed by atoms with Crippen LogP contribution in [0.15, 0.2) is 41.0 Å². The average Bonchev–Trinajstić information content (AvgIpc) is 2.83. The second-order valence-corrected chi connectivity index (χ2v) is 5.65. The number of phenolic OH excluding ortho intramolecular Hbond substituents is 1. The van der Waals surface area contributed by atoms with Crippen molar-refractivity contribution in [1.29, 1.82) is 0 Å². The van der Waals surface area contributed by atoms with Crippen molar-refractivity contribution in [2.24, 2.45) is 0 Å². The molecule has 0 unspecified atom stereocenters. The lowest BCUT2D eigenvalue weighted by molar-refractivity contribution is 0.373. The maximum absolute atomic E-state index is 10.00. The molecule has 0 saturated carbocycles. The van der Waals surface area contributed by atoms with Crippen LogP contribution >= 0.6 is 15.9 Å². The van der Waals surface area contributed by atoms with Gasteiger partial charge in [-0.2, -0.15) is 0 Å². The molecule has 0 saturated heterocycles. The summed E-state index contributed by atoms with van der Waals surface area (Å²) in [5, 5.41) is 11.1. The summed E-state index contributed by atoms with van der Waals surface area (Å²) in [6, 6.07) is 9.70. The van der Waals surface area contributed by atoms with E-state index in [2.05, 4.69) is 27.0 Å². The first-order valence-electron chi connectivity index (χ1n) is 6.25. The molecule has 0 aliphatic carbocycles. The second kappa shape index (κ2) is 4.87. The van der Waals surface area contributed by atoms with Crippen LogP contribution in [0.2, 0.25) is 0 Å². The van der Waals surface area contributed by atoms with Gasteiger partial charge in [0.15, 0.2) is 11.5 Å². The Morgan fingerprint density at radius 1 is 1.15 bits per heavy atom. The Labute approximate surface area is 125 Å². The molecule has 3 nitrogen and oxygen atoms in total. The number of benzene rings is 2. The smallest absolute Gasteiger partial charge is 0.160 e. The first kappa shape index (κ1) is 13.1. The summed E-state index contributed by atoms with van der Waals surface area (Å²) in [5.74, 6) is 0.643. The fourth-order valence-electron chi connectivity index (χ4n) is 2.44. The molecule has 2 N–H and O–H groups in total. The number of aromatic hydroxyl groups is 1. The number of nitrogens with one attached hydrogen (secondary N) is 1. The van der Waals surface area contributed by atoms with Gasteiger partial charge in [-0.25, -0.2) is 0 Å². The molecule has 3 aromatic rings. The number of rotatable bonds is 2. The lowest BCUT2D eigenvalue weighted by Gasteiger charge is -2.10. The Morgan fingerprint density at radius 3 is 2.70 bits per heavy atom. The topological polar surface area (TPSA) is 45.2 Å². The SMILES string of the molecule is COc1cc(C)c(-c2c[nH]c3ccc(Br)cc23)cc1O. The van der Waals surface area contributed by atoms with Crippen molar-refractivity contribution < 1.29 is 9.84 Å². The number of H-pyrrole nitrogens is 1. The molecule has 4 heteroatoms. The predicted octanol–water partition coefficient (Wildman–Crippen LogP) is 4.62. The first-order valence-corrected chi connectivity index (χ1v) is 7.04. The summed E-state index contributed by atoms with van der Waals surface area (Å²) in [6.07, 6.45) is 1.96. The minimum atomic E-state index is 0.150. The van der Waals surface area contributed by atoms with Gasteiger partial charge in [-0.05, 0) is 48.4 Å². The second-order valence-electron chi connectivity index (χ2n) is 4.73. The van der Waals surface area contributed by atoms with Crippen LogP contribution in [0.4, 0.5) is 0 Å². The van der Waals surface area contributed by atoms with Gasteiger partial charge in [0, 0.05) is 27.1 Å². The van der Waals surface area contributed by atoms with Gasteiger partial charge in [-0.15, -0.1) is 0 Å². The van der Waals surface area contributed by atoms with Gasteiger partial charge in [0.1, 0.15) is 0 Å². The molecule has 0 fully saturated rings. The van der Waals surface area contributed by atoms with E-state index in [1.165, 1.54) is 0 Å². The number of halogens is 1. The molecule has 2 aromatic carbocycles. The van der Waals surface area contributed by atoms with Crippen LogP contribution in [0.3, 0.4) is 0 Å². The maximum Gasteiger partial charge on any atom is 0.160 e. The van der Waals surface area contributed by atoms with E-state index in [0.29, 0.717) is 5.75 Å². The third-order valence-electron chi connectivity index (χ3n) is 3.46. The number of aromatic amines is 1. The van der Waals surface area contributed by atoms with E-state index in [1.807, 2.05) is 31.3 Å². The van der Waals surface area contributed by atoms with Gasteiger partial charge in [0.25, 0.3) is 0 Å². The number of hydrogen-bond donors (Lipinski definition) is 2. The van der Waals surface area contributed by atoms with E-state index < -0.39 is 0 Å². The molecule has 0 aliphatic rings. The highest BCUT2D eigenvalue weighted by Crippen LogP contribution is 2.38. The molecule has 1 heterocycles. The normalized spacial score (nSPS) is 10.9. The summed E-state index contributed by atoms with van der Waals surface area (Å²) < 4.78 is 6.17. The fourth-order valence-corrected chi connectivity index (χ4v) is 2.80. The zero-order valence-electron chi connectivity index (χ0n) is 11.2. The van der Waals surface area contributed by atoms with Crippen molar-refractivity contribution in [3.8, 4) is 22.6 Å². The third kappa shape index (κ3) is 2.06. The fraction of sp³-hybridized carbons (Fsp3) is 0.125. The van der Waals surface area contributed by atoms with Gasteiger partial charge in [0.2, 0.25) is 0 Å². The number of ether oxygens (including phenoxy) is 1. The Morgan fingerprint density at radius 2 is 1.95 bits per heavy atom. The summed E-state index contributed by atoms with van der Waals surface area (Å²) in [5.41, 5.74) is 4.18. The quantitative estimate of drug-likeness (QED) is 0.719. The van der Waals surface area contributed by atoms with E-state index in [9.17, 15) is 5.11 Å². The molecule has 0 radical (unpaired) electrons. The first-order chi connectivity index (χ1) is 9.60. The summed E-state index contributed by atoms with van der Waals surface area (Å²) in [7, 11) is 1.55. The zero-order valence-corrected chi connectivity index (χ0v) is 12.8. The van der Waals surface area contributed by atoms with Crippen molar-refractivity contribution in [1.82, 2.24) is 4.98 Å². The highest BCUT2D eigenvalue weighted by molar-refractivity contribution is 9.10. The van der Waals surface area contributed by atoms with E-state index in [-0.39, 0.29) is 5.75 Å². The molecule has 102 valence electrons. The van der Waals surface area contributed by atoms with E-state index in [1.54, 1.807) is 13.2 Å². The highest BCUT2D eigenvalue weighted by Gasteiger charge is 2.12. The Kier molecular flexibility index (Phi) is 3.18. The van der Waals surface area contributed by atoms with E-state index in [0.717, 1.165) is 32.1 Å². The maximum atomic E-state index is 10.00. The monoisotopic (exact) mass is 331 g/mol. The number of aryl methyl sites for hydroxylation is 1. The minimum Gasteiger partial charge on any atom is -0.504 e. The number of aromatic nitrogens is 1. The molecular formula is C16H14BrNO2. The van der Waals surface area contributed by atoms with Gasteiger partial charge in [-0.1, -0.05) is 15.9 Å². The van der Waals surface area contributed by atoms with Crippen molar-refractivity contribution in [2.75, 3.05) is 7.11 Å². The number of phenols is 1. The minimum absolute atomic E-state index is 0.150. The number of fused-ring (bicyclic) bond motifs is 1. The van der Waals surface area contributed by atoms with Gasteiger partial charge in [0.05, 0.1) is 7.11 Å². The van der Waals surface area contributed by atoms with Crippen LogP contribution in [0, 0.1) is 6.92 Å². The van der Waals surface area contributed by atoms with Crippen LogP contribution in [-0.2, 0) is 0 Å². The summed E-state index contributed by atoms with van der Waals surface area (Å²) >= 11 is 3.50. The van der Waals surface area contributed by atoms with E-state index >= 15 is 0 Å². The standard InChI is InChI=1S/C16H14BrNO2/c1-9-5-16(20-2)15(19)7-11(9)13-8-18-14-4-3-10(17)6-12(13)14/h3-8,18-19H,1-2H3. The summed E-state index contributed by atoms with van der Waals surface area (Å²) in [6.45, 7) is 2.01. The average molecular weight is 332 g/mol. The highest BCUT2D eigenvalue weighted by atomic mass is 79.9. The molecule has 1 aromatic heterocycles. The number of methoxy groups -OCH3 is 1. The number of hydrogen-bond acceptors (Lipinski definition) is 2. The Bertz CT molecular complexity index is 793. The molecule has 20 heavy (non-hydrogen) atoms. The third-order valence-corrected chi connectivity index (χ3v) is 3.95. The van der Waals surface area contributed by atoms with Gasteiger partial charge in [-0.3, -0.25) is 0 Å². The van der Waals surface area contributed by atoms with Gasteiger partial charge < -0.3 is 14.8 Å². The molecule has 0 aliphatic heterocycles. The largest absolute Gasteiger partial charge is 0.504 e. The lowest BCUT2D eigenvalue weighted by Crippen LogP contribution is -1.88. The molecule has 0 atom stereocenters. The van der Waals surface area contributed by atoms with Crippen LogP contribution in [0.1, 0.15) is 5.56 Å². The van der Waals surface area contributed by atoms with Crippen LogP contribution in [-0.4, -0.2) is 17.2 Å². The Balaban J connectivity index is 2.25. The molecule has 0 spiro atoms. The zero-order chi connectivity index (χ0) is 14.3. The molecule has 0 bridgehead atoms. The molecule has 0 amide bonds. The Hall–Kier alpha value is -1.94. The lowest BCUT2D eigenvalue weighted by atomic mass is 9.99. The van der Waals surface area contributed by atoms with Crippen LogP contribution in [0.5, 0.6) is 11.5 Å². The van der Waals surface area contributed by atoms with Crippen LogP contribution < -0.4 is 4.74 Å². The molecular weight excluding hydrogens is 318 g/mol.